The molecule has 2 saturated heterocycles. The fourth-order valence-corrected chi connectivity index (χ4v) is 7.12. The van der Waals surface area contributed by atoms with Crippen molar-refractivity contribution in [3.8, 4) is 0 Å². The number of β-amino-alcohol motifs (C(OH)–C–C–N with tert-alkyl or cyclic N) is 2. The summed E-state index contributed by atoms with van der Waals surface area (Å²) in [5.41, 5.74) is 14.4. The summed E-state index contributed by atoms with van der Waals surface area (Å²) in [5, 5.41) is 89.3. The van der Waals surface area contributed by atoms with Crippen LogP contribution < -0.4 is 44.2 Å². The number of unbranched alkanes of at least 4 members (excludes halogenated alkanes) is 2. The number of carboxylic acids is 4. The molecule has 0 aromatic heterocycles. The predicted octanol–water partition coefficient (Wildman–Crippen LogP) is -5.61. The molecule has 4 aliphatic rings. The lowest BCUT2D eigenvalue weighted by atomic mass is 10.1. The molecule has 2 fully saturated rings. The minimum Gasteiger partial charge on any atom is -0.477 e. The van der Waals surface area contributed by atoms with E-state index in [1.165, 1.54) is 12.8 Å². The maximum atomic E-state index is 10.9. The minimum absolute atomic E-state index is 0.213. The molecule has 24 heteroatoms. The Morgan fingerprint density at radius 2 is 0.818 bits per heavy atom. The Labute approximate surface area is 387 Å². The minimum atomic E-state index is -0.922. The first-order valence-electron chi connectivity index (χ1n) is 23.6. The molecule has 0 aromatic rings. The quantitative estimate of drug-likeness (QED) is 0.0355. The number of aliphatic imine (C=N–C) groups is 2. The largest absolute Gasteiger partial charge is 0.477 e. The van der Waals surface area contributed by atoms with Crippen LogP contribution >= 0.6 is 0 Å². The molecule has 380 valence electrons. The number of aliphatic carboxylic acids is 4. The van der Waals surface area contributed by atoms with Gasteiger partial charge in [-0.1, -0.05) is 40.5 Å². The number of aliphatic hydroxyl groups excluding tert-OH is 4. The number of rotatable bonds is 22. The fourth-order valence-electron chi connectivity index (χ4n) is 7.12. The van der Waals surface area contributed by atoms with Gasteiger partial charge >= 0.3 is 23.9 Å². The number of fused-ring (bicyclic) bond motifs is 2. The molecule has 24 nitrogen and oxygen atoms in total. The van der Waals surface area contributed by atoms with Crippen LogP contribution in [0.15, 0.2) is 9.98 Å². The van der Waals surface area contributed by atoms with Crippen LogP contribution in [0.2, 0.25) is 0 Å². The van der Waals surface area contributed by atoms with Crippen molar-refractivity contribution < 1.29 is 92.1 Å². The van der Waals surface area contributed by atoms with Crippen LogP contribution in [0.25, 0.3) is 0 Å². The third-order valence-electron chi connectivity index (χ3n) is 10.9. The highest BCUT2D eigenvalue weighted by Gasteiger charge is 2.43. The van der Waals surface area contributed by atoms with E-state index in [1.807, 2.05) is 9.15 Å². The lowest BCUT2D eigenvalue weighted by Gasteiger charge is -2.15. The van der Waals surface area contributed by atoms with E-state index in [0.29, 0.717) is 102 Å². The molecule has 4 rings (SSSR count). The monoisotopic (exact) mass is 951 g/mol. The topological polar surface area (TPSA) is 420 Å². The van der Waals surface area contributed by atoms with Gasteiger partial charge in [0.05, 0.1) is 25.3 Å². The van der Waals surface area contributed by atoms with Gasteiger partial charge in [-0.2, -0.15) is 0 Å². The summed E-state index contributed by atoms with van der Waals surface area (Å²) in [4.78, 5) is 52.3. The summed E-state index contributed by atoms with van der Waals surface area (Å²) in [6.07, 6.45) is 5.52. The van der Waals surface area contributed by atoms with Crippen molar-refractivity contribution >= 4 is 47.5 Å². The smallest absolute Gasteiger partial charge is 0.362 e. The molecule has 0 saturated carbocycles. The standard InChI is InChI=1S/2C18H32N6O6.2C3H8/c2*19-10(16(27)28)4-1-2-7-24-9-14(26)13(25)8-12-15(24)23-18(22-12)21-6-3-5-11(20)17(29)30;2*1-3-2/h2*10-14,25-26H,1-9,19-20H2,(H3,21,22,27,28,29,30);2*3H2,1-2H3/p+6/t2*10-,11-,12-,13-,14+;;/m00../s1. The Morgan fingerprint density at radius 3 is 1.11 bits per heavy atom. The lowest BCUT2D eigenvalue weighted by Crippen LogP contribution is -2.64. The van der Waals surface area contributed by atoms with Crippen LogP contribution in [0, 0.1) is 0 Å². The van der Waals surface area contributed by atoms with Gasteiger partial charge in [-0.05, 0) is 38.5 Å². The second-order valence-electron chi connectivity index (χ2n) is 17.3. The van der Waals surface area contributed by atoms with Gasteiger partial charge in [0.15, 0.2) is 24.2 Å². The second-order valence-corrected chi connectivity index (χ2v) is 17.3. The van der Waals surface area contributed by atoms with Gasteiger partial charge in [-0.25, -0.2) is 39.8 Å². The highest BCUT2D eigenvalue weighted by molar-refractivity contribution is 6.07. The van der Waals surface area contributed by atoms with Crippen molar-refractivity contribution in [3.63, 3.8) is 0 Å². The summed E-state index contributed by atoms with van der Waals surface area (Å²) >= 11 is 0. The Bertz CT molecular complexity index is 1520. The van der Waals surface area contributed by atoms with Crippen molar-refractivity contribution in [1.82, 2.24) is 21.3 Å². The highest BCUT2D eigenvalue weighted by Crippen LogP contribution is 2.16. The molecule has 4 aliphatic heterocycles. The van der Waals surface area contributed by atoms with Crippen LogP contribution in [0.1, 0.15) is 118 Å². The normalized spacial score (nSPS) is 25.2. The third kappa shape index (κ3) is 22.3. The second kappa shape index (κ2) is 32.2. The van der Waals surface area contributed by atoms with Gasteiger partial charge in [0.1, 0.15) is 37.4 Å². The molecule has 0 aromatic carbocycles. The highest BCUT2D eigenvalue weighted by atomic mass is 16.4. The fraction of sp³-hybridized carbons (Fsp3) is 0.810. The SMILES string of the molecule is CCC.CCC.[NH3+][C@@H](CCCC[N+]1=C2NC(=NCCC[C@H]([NH3+])C(=O)O)N[C@H]2C[C@H](O)[C@H](O)C1)C(=O)O.[NH3+][C@@H](CCCC[N+]1=C2NC(=NCCC[C@H]([NH3+])C(=O)O)N[C@H]2C[C@H](O)[C@H](O)C1)C(=O)O. The van der Waals surface area contributed by atoms with Crippen LogP contribution in [-0.4, -0.2) is 197 Å². The molecule has 66 heavy (non-hydrogen) atoms. The Kier molecular flexibility index (Phi) is 29.0. The first-order chi connectivity index (χ1) is 31.2. The van der Waals surface area contributed by atoms with Gasteiger partial charge in [-0.3, -0.25) is 9.15 Å². The molecule has 10 atom stereocenters. The number of nitrogens with one attached hydrogen (secondary N) is 4. The van der Waals surface area contributed by atoms with E-state index in [1.54, 1.807) is 0 Å². The molecule has 0 amide bonds. The van der Waals surface area contributed by atoms with E-state index in [0.717, 1.165) is 24.5 Å². The zero-order chi connectivity index (χ0) is 49.9. The number of hydrogen-bond acceptors (Lipinski definition) is 10. The molecule has 0 aliphatic carbocycles. The zero-order valence-electron chi connectivity index (χ0n) is 39.7. The van der Waals surface area contributed by atoms with Crippen LogP contribution in [0.4, 0.5) is 0 Å². The van der Waals surface area contributed by atoms with Crippen molar-refractivity contribution in [3.05, 3.63) is 0 Å². The molecule has 4 heterocycles. The number of aliphatic hydroxyl groups is 4. The molecule has 0 unspecified atom stereocenters. The number of guanidine groups is 2. The maximum absolute atomic E-state index is 10.9. The summed E-state index contributed by atoms with van der Waals surface area (Å²) in [5.74, 6) is -0.888. The van der Waals surface area contributed by atoms with E-state index in [9.17, 15) is 39.6 Å². The summed E-state index contributed by atoms with van der Waals surface area (Å²) in [6, 6.07) is -3.00. The average Bonchev–Trinajstić information content (AvgIpc) is 3.80. The van der Waals surface area contributed by atoms with Gasteiger partial charge in [-0.15, -0.1) is 0 Å². The summed E-state index contributed by atoms with van der Waals surface area (Å²) in [7, 11) is 0. The Morgan fingerprint density at radius 1 is 0.530 bits per heavy atom. The predicted molar refractivity (Wildman–Crippen MR) is 243 cm³/mol. The maximum Gasteiger partial charge on any atom is 0.362 e. The van der Waals surface area contributed by atoms with E-state index in [4.69, 9.17) is 20.4 Å². The number of carboxylic acid groups (broad SMARTS) is 4. The van der Waals surface area contributed by atoms with Gasteiger partial charge < -0.3 is 74.4 Å². The van der Waals surface area contributed by atoms with E-state index >= 15 is 0 Å². The molecule has 0 spiro atoms. The van der Waals surface area contributed by atoms with Gasteiger partial charge in [0.2, 0.25) is 0 Å². The molecular weight excluding hydrogens is 865 g/mol. The molecular formula is C42H86N12O12+6. The lowest BCUT2D eigenvalue weighted by molar-refractivity contribution is -0.540. The number of carbonyl (C=O) groups is 4. The van der Waals surface area contributed by atoms with Gasteiger partial charge in [0.25, 0.3) is 23.6 Å². The summed E-state index contributed by atoms with van der Waals surface area (Å²) in [6.45, 7) is 11.1. The van der Waals surface area contributed by atoms with Crippen LogP contribution in [-0.2, 0) is 19.2 Å². The Hall–Kier alpha value is -4.56. The number of nitrogens with zero attached hydrogens (tertiary/aromatic N) is 4. The third-order valence-corrected chi connectivity index (χ3v) is 10.9. The van der Waals surface area contributed by atoms with Crippen molar-refractivity contribution in [2.75, 3.05) is 39.3 Å². The van der Waals surface area contributed by atoms with E-state index < -0.39 is 72.5 Å². The molecule has 24 N–H and O–H groups in total. The van der Waals surface area contributed by atoms with Crippen molar-refractivity contribution in [1.29, 1.82) is 0 Å². The Balaban J connectivity index is 0.000000589. The van der Waals surface area contributed by atoms with E-state index in [2.05, 4.69) is 81.9 Å². The zero-order valence-corrected chi connectivity index (χ0v) is 39.7. The first-order valence-corrected chi connectivity index (χ1v) is 23.6. The summed E-state index contributed by atoms with van der Waals surface area (Å²) < 4.78 is 3.94. The average molecular weight is 951 g/mol. The van der Waals surface area contributed by atoms with Crippen molar-refractivity contribution in [2.45, 2.75) is 178 Å². The van der Waals surface area contributed by atoms with Crippen LogP contribution in [0.5, 0.6) is 0 Å². The van der Waals surface area contributed by atoms with E-state index in [-0.39, 0.29) is 25.2 Å². The van der Waals surface area contributed by atoms with Crippen molar-refractivity contribution in [2.24, 2.45) is 9.98 Å². The van der Waals surface area contributed by atoms with Gasteiger partial charge in [0, 0.05) is 51.6 Å². The number of amidine groups is 2. The first kappa shape index (κ1) is 59.5. The van der Waals surface area contributed by atoms with Crippen LogP contribution in [0.3, 0.4) is 0 Å². The number of hydrogen-bond donors (Lipinski definition) is 16. The number of quaternary nitrogens is 4. The molecule has 0 bridgehead atoms. The molecule has 0 radical (unpaired) electrons.